The minimum absolute atomic E-state index is 0.212. The predicted molar refractivity (Wildman–Crippen MR) is 83.8 cm³/mol. The lowest BCUT2D eigenvalue weighted by molar-refractivity contribution is 0.505. The second kappa shape index (κ2) is 7.13. The van der Waals surface area contributed by atoms with Gasteiger partial charge >= 0.3 is 0 Å². The van der Waals surface area contributed by atoms with Crippen LogP contribution in [-0.2, 0) is 6.54 Å². The number of hydrogen-bond acceptors (Lipinski definition) is 1. The lowest BCUT2D eigenvalue weighted by atomic mass is 10.1. The lowest BCUT2D eigenvalue weighted by Crippen LogP contribution is -2.36. The zero-order chi connectivity index (χ0) is 15.2. The van der Waals surface area contributed by atoms with Gasteiger partial charge in [0.05, 0.1) is 6.04 Å². The number of nitrogens with one attached hydrogen (secondary N) is 2. The molecule has 110 valence electrons. The minimum atomic E-state index is -0.857. The fourth-order valence-corrected chi connectivity index (χ4v) is 2.14. The molecule has 0 radical (unpaired) electrons. The molecule has 1 atom stereocenters. The molecule has 2 N–H and O–H groups in total. The lowest BCUT2D eigenvalue weighted by Gasteiger charge is -2.17. The molecule has 2 rings (SSSR count). The van der Waals surface area contributed by atoms with E-state index >= 15 is 0 Å². The molecule has 0 spiro atoms. The van der Waals surface area contributed by atoms with Crippen LogP contribution in [-0.4, -0.2) is 5.11 Å². The van der Waals surface area contributed by atoms with E-state index in [1.165, 1.54) is 12.1 Å². The number of halogens is 2. The van der Waals surface area contributed by atoms with Crippen molar-refractivity contribution in [1.82, 2.24) is 10.6 Å². The summed E-state index contributed by atoms with van der Waals surface area (Å²) in [5, 5.41) is 6.59. The third-order valence-electron chi connectivity index (χ3n) is 3.09. The smallest absolute Gasteiger partial charge is 0.167 e. The molecule has 0 aliphatic carbocycles. The molecule has 0 fully saturated rings. The van der Waals surface area contributed by atoms with E-state index in [-0.39, 0.29) is 6.04 Å². The standard InChI is InChI=1S/C16H16F2N2S/c1-11(13-7-8-14(17)15(18)9-13)20-16(21)19-10-12-5-3-2-4-6-12/h2-9,11H,10H2,1H3,(H2,19,20,21)/t11-/m1/s1. The van der Waals surface area contributed by atoms with Gasteiger partial charge in [-0.2, -0.15) is 0 Å². The van der Waals surface area contributed by atoms with Gasteiger partial charge in [-0.1, -0.05) is 36.4 Å². The van der Waals surface area contributed by atoms with Gasteiger partial charge in [-0.25, -0.2) is 8.78 Å². The molecule has 0 aromatic heterocycles. The maximum absolute atomic E-state index is 13.2. The summed E-state index contributed by atoms with van der Waals surface area (Å²) in [5.74, 6) is -1.71. The molecule has 0 aliphatic rings. The van der Waals surface area contributed by atoms with Gasteiger partial charge in [0, 0.05) is 6.54 Å². The molecule has 0 unspecified atom stereocenters. The monoisotopic (exact) mass is 306 g/mol. The summed E-state index contributed by atoms with van der Waals surface area (Å²) in [6.07, 6.45) is 0. The predicted octanol–water partition coefficient (Wildman–Crippen LogP) is 3.69. The minimum Gasteiger partial charge on any atom is -0.359 e. The van der Waals surface area contributed by atoms with Gasteiger partial charge in [-0.15, -0.1) is 0 Å². The van der Waals surface area contributed by atoms with Crippen LogP contribution in [0.15, 0.2) is 48.5 Å². The molecule has 2 nitrogen and oxygen atoms in total. The van der Waals surface area contributed by atoms with E-state index in [2.05, 4.69) is 10.6 Å². The van der Waals surface area contributed by atoms with E-state index in [0.29, 0.717) is 17.2 Å². The van der Waals surface area contributed by atoms with Crippen LogP contribution >= 0.6 is 12.2 Å². The van der Waals surface area contributed by atoms with E-state index in [4.69, 9.17) is 12.2 Å². The van der Waals surface area contributed by atoms with Crippen LogP contribution in [0.2, 0.25) is 0 Å². The molecule has 2 aromatic carbocycles. The Morgan fingerprint density at radius 3 is 2.48 bits per heavy atom. The number of rotatable bonds is 4. The first-order valence-electron chi connectivity index (χ1n) is 6.59. The van der Waals surface area contributed by atoms with Crippen molar-refractivity contribution in [3.63, 3.8) is 0 Å². The maximum atomic E-state index is 13.2. The number of benzene rings is 2. The average molecular weight is 306 g/mol. The SMILES string of the molecule is C[C@@H](NC(=S)NCc1ccccc1)c1ccc(F)c(F)c1. The molecule has 0 aliphatic heterocycles. The third-order valence-corrected chi connectivity index (χ3v) is 3.35. The molecule has 0 amide bonds. The second-order valence-corrected chi connectivity index (χ2v) is 5.12. The van der Waals surface area contributed by atoms with E-state index in [9.17, 15) is 8.78 Å². The van der Waals surface area contributed by atoms with Crippen molar-refractivity contribution >= 4 is 17.3 Å². The molecule has 0 saturated heterocycles. The molecule has 0 bridgehead atoms. The molecule has 21 heavy (non-hydrogen) atoms. The van der Waals surface area contributed by atoms with E-state index in [1.807, 2.05) is 37.3 Å². The topological polar surface area (TPSA) is 24.1 Å². The Balaban J connectivity index is 1.88. The normalized spacial score (nSPS) is 11.8. The Kier molecular flexibility index (Phi) is 5.22. The zero-order valence-corrected chi connectivity index (χ0v) is 12.4. The first-order chi connectivity index (χ1) is 10.1. The number of hydrogen-bond donors (Lipinski definition) is 2. The summed E-state index contributed by atoms with van der Waals surface area (Å²) in [6, 6.07) is 13.5. The highest BCUT2D eigenvalue weighted by Gasteiger charge is 2.10. The van der Waals surface area contributed by atoms with Crippen molar-refractivity contribution in [2.45, 2.75) is 19.5 Å². The molecule has 5 heteroatoms. The number of thiocarbonyl (C=S) groups is 1. The van der Waals surface area contributed by atoms with Gasteiger partial charge in [-0.05, 0) is 42.4 Å². The highest BCUT2D eigenvalue weighted by Crippen LogP contribution is 2.15. The van der Waals surface area contributed by atoms with Crippen LogP contribution in [0.3, 0.4) is 0 Å². The van der Waals surface area contributed by atoms with Gasteiger partial charge in [0.2, 0.25) is 0 Å². The Labute approximate surface area is 128 Å². The summed E-state index contributed by atoms with van der Waals surface area (Å²) >= 11 is 5.20. The van der Waals surface area contributed by atoms with Gasteiger partial charge in [-0.3, -0.25) is 0 Å². The molecule has 0 heterocycles. The Hall–Kier alpha value is -2.01. The molecular weight excluding hydrogens is 290 g/mol. The maximum Gasteiger partial charge on any atom is 0.167 e. The van der Waals surface area contributed by atoms with Crippen molar-refractivity contribution in [3.05, 3.63) is 71.3 Å². The summed E-state index contributed by atoms with van der Waals surface area (Å²) in [4.78, 5) is 0. The molecule has 2 aromatic rings. The van der Waals surface area contributed by atoms with Crippen molar-refractivity contribution in [2.75, 3.05) is 0 Å². The quantitative estimate of drug-likeness (QED) is 0.843. The highest BCUT2D eigenvalue weighted by molar-refractivity contribution is 7.80. The first kappa shape index (κ1) is 15.4. The van der Waals surface area contributed by atoms with Gasteiger partial charge in [0.15, 0.2) is 16.7 Å². The second-order valence-electron chi connectivity index (χ2n) is 4.71. The van der Waals surface area contributed by atoms with Crippen molar-refractivity contribution in [2.24, 2.45) is 0 Å². The van der Waals surface area contributed by atoms with E-state index in [0.717, 1.165) is 11.6 Å². The van der Waals surface area contributed by atoms with Crippen LogP contribution in [0, 0.1) is 11.6 Å². The van der Waals surface area contributed by atoms with Gasteiger partial charge < -0.3 is 10.6 Å². The van der Waals surface area contributed by atoms with Crippen LogP contribution in [0.5, 0.6) is 0 Å². The average Bonchev–Trinajstić information content (AvgIpc) is 2.49. The zero-order valence-electron chi connectivity index (χ0n) is 11.6. The highest BCUT2D eigenvalue weighted by atomic mass is 32.1. The van der Waals surface area contributed by atoms with Crippen LogP contribution in [0.25, 0.3) is 0 Å². The summed E-state index contributed by atoms with van der Waals surface area (Å²) in [7, 11) is 0. The van der Waals surface area contributed by atoms with Crippen LogP contribution < -0.4 is 10.6 Å². The Bertz CT molecular complexity index is 617. The molecule has 0 saturated carbocycles. The van der Waals surface area contributed by atoms with Crippen LogP contribution in [0.1, 0.15) is 24.1 Å². The summed E-state index contributed by atoms with van der Waals surface area (Å²) < 4.78 is 26.1. The van der Waals surface area contributed by atoms with Crippen LogP contribution in [0.4, 0.5) is 8.78 Å². The summed E-state index contributed by atoms with van der Waals surface area (Å²) in [6.45, 7) is 2.44. The van der Waals surface area contributed by atoms with Gasteiger partial charge in [0.25, 0.3) is 0 Å². The summed E-state index contributed by atoms with van der Waals surface area (Å²) in [5.41, 5.74) is 1.75. The fourth-order valence-electron chi connectivity index (χ4n) is 1.89. The molecular formula is C16H16F2N2S. The fraction of sp³-hybridized carbons (Fsp3) is 0.188. The Morgan fingerprint density at radius 1 is 1.10 bits per heavy atom. The van der Waals surface area contributed by atoms with Gasteiger partial charge in [0.1, 0.15) is 0 Å². The first-order valence-corrected chi connectivity index (χ1v) is 7.00. The van der Waals surface area contributed by atoms with E-state index in [1.54, 1.807) is 0 Å². The van der Waals surface area contributed by atoms with Crippen molar-refractivity contribution < 1.29 is 8.78 Å². The largest absolute Gasteiger partial charge is 0.359 e. The van der Waals surface area contributed by atoms with Crippen molar-refractivity contribution in [3.8, 4) is 0 Å². The Morgan fingerprint density at radius 2 is 1.81 bits per heavy atom. The van der Waals surface area contributed by atoms with Crippen molar-refractivity contribution in [1.29, 1.82) is 0 Å². The van der Waals surface area contributed by atoms with E-state index < -0.39 is 11.6 Å². The third kappa shape index (κ3) is 4.49.